The molecule has 1 fully saturated rings. The van der Waals surface area contributed by atoms with E-state index in [-0.39, 0.29) is 11.8 Å². The van der Waals surface area contributed by atoms with Gasteiger partial charge in [0, 0.05) is 0 Å². The molecule has 0 bridgehead atoms. The van der Waals surface area contributed by atoms with Gasteiger partial charge in [-0.25, -0.2) is 0 Å². The van der Waals surface area contributed by atoms with Gasteiger partial charge in [-0.1, -0.05) is 24.3 Å². The summed E-state index contributed by atoms with van der Waals surface area (Å²) in [7, 11) is 0. The Morgan fingerprint density at radius 3 is 2.60 bits per heavy atom. The van der Waals surface area contributed by atoms with Gasteiger partial charge in [-0.3, -0.25) is 4.79 Å². The average molecular weight is 206 g/mol. The molecule has 1 aromatic carbocycles. The maximum Gasteiger partial charge on any atom is 0.304 e. The fourth-order valence-corrected chi connectivity index (χ4v) is 2.16. The van der Waals surface area contributed by atoms with Gasteiger partial charge >= 0.3 is 5.97 Å². The molecule has 3 heteroatoms. The first-order valence-electron chi connectivity index (χ1n) is 5.00. The highest BCUT2D eigenvalue weighted by Crippen LogP contribution is 2.37. The lowest BCUT2D eigenvalue weighted by molar-refractivity contribution is -0.145. The Balaban J connectivity index is 2.34. The lowest BCUT2D eigenvalue weighted by Crippen LogP contribution is -2.48. The standard InChI is InChI=1S/C12H14O3/c1-9-4-2-3-5-10(9)12(6-11(13)14)7-15-8-12/h2-5H,6-8H2,1H3,(H,13,14). The third-order valence-corrected chi connectivity index (χ3v) is 2.96. The Hall–Kier alpha value is -1.35. The quantitative estimate of drug-likeness (QED) is 0.819. The number of hydrogen-bond donors (Lipinski definition) is 1. The van der Waals surface area contributed by atoms with E-state index in [1.165, 1.54) is 0 Å². The molecule has 0 radical (unpaired) electrons. The fourth-order valence-electron chi connectivity index (χ4n) is 2.16. The topological polar surface area (TPSA) is 46.5 Å². The third kappa shape index (κ3) is 1.75. The summed E-state index contributed by atoms with van der Waals surface area (Å²) in [6.07, 6.45) is 0.151. The highest BCUT2D eigenvalue weighted by atomic mass is 16.5. The zero-order valence-electron chi connectivity index (χ0n) is 8.69. The zero-order chi connectivity index (χ0) is 10.9. The van der Waals surface area contributed by atoms with Gasteiger partial charge in [-0.15, -0.1) is 0 Å². The molecule has 1 aromatic rings. The SMILES string of the molecule is Cc1ccccc1C1(CC(=O)O)COC1. The molecule has 0 saturated carbocycles. The summed E-state index contributed by atoms with van der Waals surface area (Å²) in [4.78, 5) is 10.8. The lowest BCUT2D eigenvalue weighted by Gasteiger charge is -2.41. The van der Waals surface area contributed by atoms with Crippen LogP contribution in [0.25, 0.3) is 0 Å². The molecule has 1 aliphatic rings. The number of rotatable bonds is 3. The molecule has 0 unspecified atom stereocenters. The molecule has 0 spiro atoms. The predicted molar refractivity (Wildman–Crippen MR) is 55.9 cm³/mol. The van der Waals surface area contributed by atoms with Crippen LogP contribution in [-0.4, -0.2) is 24.3 Å². The maximum atomic E-state index is 10.8. The number of carboxylic acid groups (broad SMARTS) is 1. The first-order valence-corrected chi connectivity index (χ1v) is 5.00. The van der Waals surface area contributed by atoms with Gasteiger partial charge in [0.2, 0.25) is 0 Å². The molecule has 1 heterocycles. The van der Waals surface area contributed by atoms with Crippen molar-refractivity contribution in [3.63, 3.8) is 0 Å². The summed E-state index contributed by atoms with van der Waals surface area (Å²) < 4.78 is 5.19. The highest BCUT2D eigenvalue weighted by Gasteiger charge is 2.42. The first kappa shape index (κ1) is 10.2. The van der Waals surface area contributed by atoms with Crippen molar-refractivity contribution >= 4 is 5.97 Å². The van der Waals surface area contributed by atoms with Crippen LogP contribution in [0.2, 0.25) is 0 Å². The Labute approximate surface area is 88.7 Å². The summed E-state index contributed by atoms with van der Waals surface area (Å²) in [6.45, 7) is 3.05. The number of ether oxygens (including phenoxy) is 1. The summed E-state index contributed by atoms with van der Waals surface area (Å²) in [5.41, 5.74) is 1.96. The van der Waals surface area contributed by atoms with Gasteiger partial charge in [0.25, 0.3) is 0 Å². The smallest absolute Gasteiger partial charge is 0.304 e. The summed E-state index contributed by atoms with van der Waals surface area (Å²) >= 11 is 0. The molecule has 15 heavy (non-hydrogen) atoms. The van der Waals surface area contributed by atoms with Gasteiger partial charge in [-0.2, -0.15) is 0 Å². The second kappa shape index (κ2) is 3.66. The predicted octanol–water partition coefficient (Wildman–Crippen LogP) is 1.74. The van der Waals surface area contributed by atoms with Crippen LogP contribution in [0.5, 0.6) is 0 Å². The lowest BCUT2D eigenvalue weighted by atomic mass is 9.74. The van der Waals surface area contributed by atoms with E-state index < -0.39 is 5.97 Å². The van der Waals surface area contributed by atoms with Gasteiger partial charge in [0.05, 0.1) is 25.0 Å². The Kier molecular flexibility index (Phi) is 2.49. The van der Waals surface area contributed by atoms with E-state index in [0.29, 0.717) is 13.2 Å². The number of carboxylic acids is 1. The summed E-state index contributed by atoms with van der Waals surface area (Å²) in [6, 6.07) is 7.93. The van der Waals surface area contributed by atoms with Crippen molar-refractivity contribution in [2.45, 2.75) is 18.8 Å². The Bertz CT molecular complexity index is 380. The van der Waals surface area contributed by atoms with Crippen molar-refractivity contribution in [3.8, 4) is 0 Å². The van der Waals surface area contributed by atoms with E-state index >= 15 is 0 Å². The second-order valence-corrected chi connectivity index (χ2v) is 4.16. The van der Waals surface area contributed by atoms with Gasteiger partial charge in [0.1, 0.15) is 0 Å². The Morgan fingerprint density at radius 2 is 2.13 bits per heavy atom. The minimum Gasteiger partial charge on any atom is -0.481 e. The van der Waals surface area contributed by atoms with E-state index in [2.05, 4.69) is 0 Å². The normalized spacial score (nSPS) is 18.2. The molecule has 2 rings (SSSR count). The maximum absolute atomic E-state index is 10.8. The van der Waals surface area contributed by atoms with Gasteiger partial charge in [-0.05, 0) is 18.1 Å². The van der Waals surface area contributed by atoms with E-state index in [1.54, 1.807) is 0 Å². The second-order valence-electron chi connectivity index (χ2n) is 4.16. The number of aryl methyl sites for hydroxylation is 1. The number of hydrogen-bond acceptors (Lipinski definition) is 2. The molecular formula is C12H14O3. The largest absolute Gasteiger partial charge is 0.481 e. The number of aliphatic carboxylic acids is 1. The summed E-state index contributed by atoms with van der Waals surface area (Å²) in [5, 5.41) is 8.91. The van der Waals surface area contributed by atoms with Crippen LogP contribution in [-0.2, 0) is 14.9 Å². The summed E-state index contributed by atoms with van der Waals surface area (Å²) in [5.74, 6) is -0.762. The van der Waals surface area contributed by atoms with Crippen LogP contribution in [0, 0.1) is 6.92 Å². The minimum absolute atomic E-state index is 0.151. The molecule has 1 N–H and O–H groups in total. The molecule has 0 amide bonds. The van der Waals surface area contributed by atoms with E-state index in [0.717, 1.165) is 11.1 Å². The van der Waals surface area contributed by atoms with Crippen LogP contribution in [0.1, 0.15) is 17.5 Å². The molecule has 1 aliphatic heterocycles. The molecule has 0 aromatic heterocycles. The van der Waals surface area contributed by atoms with Crippen LogP contribution in [0.15, 0.2) is 24.3 Å². The molecule has 3 nitrogen and oxygen atoms in total. The molecular weight excluding hydrogens is 192 g/mol. The minimum atomic E-state index is -0.762. The van der Waals surface area contributed by atoms with E-state index in [4.69, 9.17) is 9.84 Å². The van der Waals surface area contributed by atoms with Gasteiger partial charge in [0.15, 0.2) is 0 Å². The van der Waals surface area contributed by atoms with Crippen molar-refractivity contribution in [1.82, 2.24) is 0 Å². The highest BCUT2D eigenvalue weighted by molar-refractivity contribution is 5.69. The van der Waals surface area contributed by atoms with E-state index in [9.17, 15) is 4.79 Å². The van der Waals surface area contributed by atoms with Crippen molar-refractivity contribution in [2.75, 3.05) is 13.2 Å². The monoisotopic (exact) mass is 206 g/mol. The van der Waals surface area contributed by atoms with Crippen LogP contribution in [0.3, 0.4) is 0 Å². The molecule has 0 atom stereocenters. The fraction of sp³-hybridized carbons (Fsp3) is 0.417. The van der Waals surface area contributed by atoms with E-state index in [1.807, 2.05) is 31.2 Å². The zero-order valence-corrected chi connectivity index (χ0v) is 8.69. The van der Waals surface area contributed by atoms with Crippen LogP contribution < -0.4 is 0 Å². The van der Waals surface area contributed by atoms with Crippen molar-refractivity contribution in [1.29, 1.82) is 0 Å². The molecule has 80 valence electrons. The Morgan fingerprint density at radius 1 is 1.47 bits per heavy atom. The van der Waals surface area contributed by atoms with Gasteiger partial charge < -0.3 is 9.84 Å². The van der Waals surface area contributed by atoms with Crippen molar-refractivity contribution < 1.29 is 14.6 Å². The van der Waals surface area contributed by atoms with Crippen LogP contribution in [0.4, 0.5) is 0 Å². The average Bonchev–Trinajstić information content (AvgIpc) is 2.12. The molecule has 1 saturated heterocycles. The first-order chi connectivity index (χ1) is 7.14. The van der Waals surface area contributed by atoms with Crippen molar-refractivity contribution in [2.24, 2.45) is 0 Å². The third-order valence-electron chi connectivity index (χ3n) is 2.96. The molecule has 0 aliphatic carbocycles. The van der Waals surface area contributed by atoms with Crippen LogP contribution >= 0.6 is 0 Å². The number of carbonyl (C=O) groups is 1. The van der Waals surface area contributed by atoms with Crippen molar-refractivity contribution in [3.05, 3.63) is 35.4 Å². The number of benzene rings is 1.